The lowest BCUT2D eigenvalue weighted by atomic mass is 10.0. The molecule has 35 heavy (non-hydrogen) atoms. The first-order chi connectivity index (χ1) is 16.4. The van der Waals surface area contributed by atoms with Crippen LogP contribution in [0.2, 0.25) is 0 Å². The van der Waals surface area contributed by atoms with Crippen LogP contribution in [-0.4, -0.2) is 35.7 Å². The molecule has 0 radical (unpaired) electrons. The molecule has 1 heterocycles. The summed E-state index contributed by atoms with van der Waals surface area (Å²) < 4.78 is 84.6. The molecule has 0 aliphatic carbocycles. The Hall–Kier alpha value is -4.06. The number of fused-ring (bicyclic) bond motifs is 1. The minimum atomic E-state index is -4.69. The maximum Gasteiger partial charge on any atom is 0.418 e. The third-order valence-corrected chi connectivity index (χ3v) is 6.12. The molecule has 1 N–H and O–H groups in total. The highest BCUT2D eigenvalue weighted by atomic mass is 32.2. The smallest absolute Gasteiger partial charge is 0.418 e. The summed E-state index contributed by atoms with van der Waals surface area (Å²) in [6.45, 7) is 0. The van der Waals surface area contributed by atoms with Crippen LogP contribution in [0.15, 0.2) is 65.8 Å². The summed E-state index contributed by atoms with van der Waals surface area (Å²) >= 11 is 0. The van der Waals surface area contributed by atoms with Gasteiger partial charge in [-0.1, -0.05) is 12.1 Å². The van der Waals surface area contributed by atoms with Gasteiger partial charge in [0.1, 0.15) is 23.6 Å². The molecule has 0 saturated carbocycles. The molecule has 7 nitrogen and oxygen atoms in total. The molecule has 0 saturated heterocycles. The van der Waals surface area contributed by atoms with Gasteiger partial charge in [-0.3, -0.25) is 0 Å². The third kappa shape index (κ3) is 4.78. The molecule has 3 aromatic carbocycles. The van der Waals surface area contributed by atoms with Crippen LogP contribution in [0.5, 0.6) is 11.5 Å². The highest BCUT2D eigenvalue weighted by Gasteiger charge is 2.33. The second-order valence-corrected chi connectivity index (χ2v) is 9.38. The molecule has 0 amide bonds. The van der Waals surface area contributed by atoms with E-state index in [1.165, 1.54) is 24.3 Å². The van der Waals surface area contributed by atoms with E-state index in [1.807, 2.05) is 0 Å². The number of para-hydroxylation sites is 1. The maximum atomic E-state index is 14.7. The Morgan fingerprint density at radius 2 is 1.71 bits per heavy atom. The lowest BCUT2D eigenvalue weighted by Gasteiger charge is -2.13. The zero-order valence-corrected chi connectivity index (χ0v) is 18.5. The number of halogens is 4. The number of hydrogen-bond donors (Lipinski definition) is 1. The first-order valence-electron chi connectivity index (χ1n) is 9.72. The first-order valence-corrected chi connectivity index (χ1v) is 11.6. The van der Waals surface area contributed by atoms with Crippen molar-refractivity contribution in [3.05, 3.63) is 77.9 Å². The third-order valence-electron chi connectivity index (χ3n) is 4.98. The van der Waals surface area contributed by atoms with Crippen molar-refractivity contribution in [1.29, 1.82) is 0 Å². The van der Waals surface area contributed by atoms with Crippen LogP contribution in [-0.2, 0) is 16.0 Å². The van der Waals surface area contributed by atoms with Gasteiger partial charge in [-0.05, 0) is 36.4 Å². The number of aromatic carboxylic acids is 1. The predicted octanol–water partition coefficient (Wildman–Crippen LogP) is 5.59. The van der Waals surface area contributed by atoms with Gasteiger partial charge in [-0.2, -0.15) is 13.2 Å². The van der Waals surface area contributed by atoms with Gasteiger partial charge in [0.25, 0.3) is 0 Å². The van der Waals surface area contributed by atoms with Crippen molar-refractivity contribution < 1.29 is 42.0 Å². The van der Waals surface area contributed by atoms with E-state index in [0.717, 1.165) is 42.9 Å². The van der Waals surface area contributed by atoms with Crippen molar-refractivity contribution in [3.63, 3.8) is 0 Å². The van der Waals surface area contributed by atoms with Crippen molar-refractivity contribution in [2.24, 2.45) is 0 Å². The number of ether oxygens (including phenoxy) is 1. The van der Waals surface area contributed by atoms with Gasteiger partial charge in [0, 0.05) is 24.7 Å². The number of benzene rings is 3. The molecular weight excluding hydrogens is 492 g/mol. The Morgan fingerprint density at radius 3 is 2.37 bits per heavy atom. The van der Waals surface area contributed by atoms with Crippen molar-refractivity contribution >= 4 is 26.7 Å². The molecule has 182 valence electrons. The Morgan fingerprint density at radius 1 is 1.03 bits per heavy atom. The normalized spacial score (nSPS) is 12.0. The van der Waals surface area contributed by atoms with Crippen molar-refractivity contribution in [3.8, 4) is 22.8 Å². The summed E-state index contributed by atoms with van der Waals surface area (Å²) in [6, 6.07) is 10.0. The minimum Gasteiger partial charge on any atom is -0.478 e. The van der Waals surface area contributed by atoms with E-state index < -0.39 is 49.3 Å². The number of carbonyl (C=O) groups is 1. The molecule has 0 aliphatic heterocycles. The number of alkyl halides is 3. The fourth-order valence-corrected chi connectivity index (χ4v) is 4.35. The van der Waals surface area contributed by atoms with E-state index in [0.29, 0.717) is 0 Å². The predicted molar refractivity (Wildman–Crippen MR) is 119 cm³/mol. The zero-order chi connectivity index (χ0) is 25.5. The molecule has 0 aliphatic rings. The van der Waals surface area contributed by atoms with Crippen LogP contribution >= 0.6 is 0 Å². The zero-order valence-electron chi connectivity index (χ0n) is 17.7. The Labute approximate surface area is 197 Å². The molecule has 0 unspecified atom stereocenters. The lowest BCUT2D eigenvalue weighted by Crippen LogP contribution is -2.07. The number of sulfone groups is 1. The average Bonchev–Trinajstić information content (AvgIpc) is 2.78. The van der Waals surface area contributed by atoms with Crippen LogP contribution in [0.25, 0.3) is 22.2 Å². The SMILES string of the molecule is CS(=O)(=O)c1cc(Oc2ccc(F)c(-c3ncnc4c(C(F)(F)F)cccc34)c2)ccc1C(=O)O.[HH]. The highest BCUT2D eigenvalue weighted by molar-refractivity contribution is 7.90. The van der Waals surface area contributed by atoms with E-state index in [4.69, 9.17) is 4.74 Å². The summed E-state index contributed by atoms with van der Waals surface area (Å²) in [5.74, 6) is -2.30. The molecular formula is C23H16F4N2O5S. The van der Waals surface area contributed by atoms with Gasteiger partial charge in [-0.25, -0.2) is 27.6 Å². The summed E-state index contributed by atoms with van der Waals surface area (Å²) in [5.41, 5.74) is -2.15. The number of hydrogen-bond acceptors (Lipinski definition) is 6. The van der Waals surface area contributed by atoms with Crippen molar-refractivity contribution in [2.75, 3.05) is 6.26 Å². The number of nitrogens with zero attached hydrogens (tertiary/aromatic N) is 2. The fourth-order valence-electron chi connectivity index (χ4n) is 3.47. The molecule has 0 fully saturated rings. The quantitative estimate of drug-likeness (QED) is 0.350. The topological polar surface area (TPSA) is 106 Å². The standard InChI is InChI=1S/C23H14F4N2O5S.H2/c1-35(32,33)19-10-13(5-7-14(19)22(30)31)34-12-6-8-18(24)16(9-12)20-15-3-2-4-17(23(25,26)27)21(15)29-11-28-20;/h2-11H,1H3,(H,30,31);1H. The molecule has 4 rings (SSSR count). The van der Waals surface area contributed by atoms with Crippen LogP contribution in [0.4, 0.5) is 17.6 Å². The van der Waals surface area contributed by atoms with E-state index in [1.54, 1.807) is 0 Å². The summed E-state index contributed by atoms with van der Waals surface area (Å²) in [5, 5.41) is 9.19. The molecule has 12 heteroatoms. The van der Waals surface area contributed by atoms with E-state index in [-0.39, 0.29) is 29.6 Å². The average molecular weight is 508 g/mol. The van der Waals surface area contributed by atoms with Crippen molar-refractivity contribution in [2.45, 2.75) is 11.1 Å². The van der Waals surface area contributed by atoms with Gasteiger partial charge >= 0.3 is 12.1 Å². The Bertz CT molecular complexity index is 1590. The van der Waals surface area contributed by atoms with Gasteiger partial charge < -0.3 is 9.84 Å². The number of aromatic nitrogens is 2. The molecule has 4 aromatic rings. The monoisotopic (exact) mass is 508 g/mol. The molecule has 0 spiro atoms. The lowest BCUT2D eigenvalue weighted by molar-refractivity contribution is -0.136. The van der Waals surface area contributed by atoms with Crippen molar-refractivity contribution in [1.82, 2.24) is 9.97 Å². The molecule has 1 aromatic heterocycles. The van der Waals surface area contributed by atoms with Crippen LogP contribution in [0.1, 0.15) is 17.3 Å². The van der Waals surface area contributed by atoms with E-state index in [2.05, 4.69) is 9.97 Å². The molecule has 0 bridgehead atoms. The maximum absolute atomic E-state index is 14.7. The van der Waals surface area contributed by atoms with Gasteiger partial charge in [0.15, 0.2) is 9.84 Å². The highest BCUT2D eigenvalue weighted by Crippen LogP contribution is 2.38. The summed E-state index contributed by atoms with van der Waals surface area (Å²) in [7, 11) is -3.92. The number of rotatable bonds is 5. The Kier molecular flexibility index (Phi) is 5.93. The second kappa shape index (κ2) is 8.62. The Balaban J connectivity index is 0.00000361. The second-order valence-electron chi connectivity index (χ2n) is 7.40. The van der Waals surface area contributed by atoms with Gasteiger partial charge in [-0.15, -0.1) is 0 Å². The molecule has 0 atom stereocenters. The fraction of sp³-hybridized carbons (Fsp3) is 0.0870. The van der Waals surface area contributed by atoms with Gasteiger partial charge in [0.2, 0.25) is 0 Å². The van der Waals surface area contributed by atoms with Crippen LogP contribution < -0.4 is 4.74 Å². The summed E-state index contributed by atoms with van der Waals surface area (Å²) in [4.78, 5) is 18.5. The largest absolute Gasteiger partial charge is 0.478 e. The van der Waals surface area contributed by atoms with Crippen LogP contribution in [0.3, 0.4) is 0 Å². The minimum absolute atomic E-state index is 0. The number of carboxylic acid groups (broad SMARTS) is 1. The van der Waals surface area contributed by atoms with Gasteiger partial charge in [0.05, 0.1) is 27.2 Å². The van der Waals surface area contributed by atoms with E-state index in [9.17, 15) is 35.9 Å². The number of carboxylic acids is 1. The summed E-state index contributed by atoms with van der Waals surface area (Å²) in [6.07, 6.45) is -2.96. The van der Waals surface area contributed by atoms with E-state index >= 15 is 0 Å². The first kappa shape index (κ1) is 24.1. The van der Waals surface area contributed by atoms with Crippen LogP contribution in [0, 0.1) is 5.82 Å².